The Balaban J connectivity index is 2.04. The van der Waals surface area contributed by atoms with Gasteiger partial charge in [-0.3, -0.25) is 4.79 Å². The molecule has 3 nitrogen and oxygen atoms in total. The molecular weight excluding hydrogens is 422 g/mol. The number of nitrogens with zero attached hydrogens (tertiary/aromatic N) is 1. The van der Waals surface area contributed by atoms with E-state index in [1.165, 1.54) is 11.1 Å². The third-order valence-electron chi connectivity index (χ3n) is 6.64. The Labute approximate surface area is 192 Å². The number of aromatic nitrogens is 1. The van der Waals surface area contributed by atoms with Gasteiger partial charge in [-0.05, 0) is 65.8 Å². The Morgan fingerprint density at radius 2 is 1.77 bits per heavy atom. The molecule has 166 valence electrons. The van der Waals surface area contributed by atoms with Crippen molar-refractivity contribution in [3.63, 3.8) is 0 Å². The fraction of sp³-hybridized carbons (Fsp3) is 0.423. The van der Waals surface area contributed by atoms with Crippen LogP contribution in [0.15, 0.2) is 42.5 Å². The first-order valence-electron chi connectivity index (χ1n) is 10.9. The van der Waals surface area contributed by atoms with Gasteiger partial charge in [-0.25, -0.2) is 0 Å². The topological polar surface area (TPSA) is 31.2 Å². The maximum Gasteiger partial charge on any atom is 0.254 e. The van der Waals surface area contributed by atoms with Crippen LogP contribution in [0.4, 0.5) is 0 Å². The summed E-state index contributed by atoms with van der Waals surface area (Å²) < 4.78 is 8.84. The Morgan fingerprint density at radius 1 is 1.13 bits per heavy atom. The molecule has 31 heavy (non-hydrogen) atoms. The standard InChI is InChI=1S/C26H34ClNO2Si/c1-17(2)21-15-19(13-14-23(21)30-31(7,8)26(4,5)6)16-28-18(3)24(25(27)29)20-11-9-10-12-22(20)28/h9-15,17H,16H2,1-8H3. The average molecular weight is 456 g/mol. The van der Waals surface area contributed by atoms with Crippen molar-refractivity contribution in [2.75, 3.05) is 0 Å². The van der Waals surface area contributed by atoms with Crippen LogP contribution in [0.5, 0.6) is 5.75 Å². The first-order valence-corrected chi connectivity index (χ1v) is 14.2. The van der Waals surface area contributed by atoms with Crippen molar-refractivity contribution in [3.05, 3.63) is 64.8 Å². The molecule has 0 bridgehead atoms. The van der Waals surface area contributed by atoms with E-state index >= 15 is 0 Å². The van der Waals surface area contributed by atoms with E-state index < -0.39 is 13.6 Å². The van der Waals surface area contributed by atoms with Crippen molar-refractivity contribution in [3.8, 4) is 5.75 Å². The zero-order chi connectivity index (χ0) is 23.1. The zero-order valence-electron chi connectivity index (χ0n) is 20.0. The molecule has 0 atom stereocenters. The lowest BCUT2D eigenvalue weighted by Gasteiger charge is -2.37. The first-order chi connectivity index (χ1) is 14.3. The Hall–Kier alpha value is -2.04. The lowest BCUT2D eigenvalue weighted by molar-refractivity contribution is 0.108. The van der Waals surface area contributed by atoms with Gasteiger partial charge in [0.05, 0.1) is 5.56 Å². The van der Waals surface area contributed by atoms with Gasteiger partial charge in [0.15, 0.2) is 0 Å². The number of carbonyl (C=O) groups is 1. The summed E-state index contributed by atoms with van der Waals surface area (Å²) in [6.45, 7) is 18.4. The average Bonchev–Trinajstić information content (AvgIpc) is 2.93. The monoisotopic (exact) mass is 455 g/mol. The van der Waals surface area contributed by atoms with Crippen molar-refractivity contribution in [2.45, 2.75) is 72.1 Å². The normalized spacial score (nSPS) is 12.6. The number of hydrogen-bond donors (Lipinski definition) is 0. The fourth-order valence-corrected chi connectivity index (χ4v) is 5.01. The number of benzene rings is 2. The SMILES string of the molecule is Cc1c(C(=O)Cl)c2ccccc2n1Cc1ccc(O[Si](C)(C)C(C)(C)C)c(C(C)C)c1. The molecule has 0 N–H and O–H groups in total. The molecule has 0 spiro atoms. The maximum atomic E-state index is 12.1. The molecule has 3 rings (SSSR count). The minimum Gasteiger partial charge on any atom is -0.543 e. The summed E-state index contributed by atoms with van der Waals surface area (Å²) in [6, 6.07) is 14.5. The lowest BCUT2D eigenvalue weighted by Crippen LogP contribution is -2.44. The van der Waals surface area contributed by atoms with Crippen LogP contribution in [0.1, 0.15) is 67.7 Å². The number of carbonyl (C=O) groups excluding carboxylic acids is 1. The second kappa shape index (κ2) is 8.48. The van der Waals surface area contributed by atoms with E-state index in [-0.39, 0.29) is 5.04 Å². The quantitative estimate of drug-likeness (QED) is 0.279. The number of para-hydroxylation sites is 1. The van der Waals surface area contributed by atoms with Crippen molar-refractivity contribution in [1.82, 2.24) is 4.57 Å². The van der Waals surface area contributed by atoms with Gasteiger partial charge < -0.3 is 8.99 Å². The second-order valence-corrected chi connectivity index (χ2v) is 15.3. The smallest absolute Gasteiger partial charge is 0.254 e. The van der Waals surface area contributed by atoms with Crippen LogP contribution in [-0.2, 0) is 6.54 Å². The second-order valence-electron chi connectivity index (χ2n) is 10.2. The van der Waals surface area contributed by atoms with E-state index in [1.807, 2.05) is 31.2 Å². The predicted octanol–water partition coefficient (Wildman–Crippen LogP) is 7.88. The highest BCUT2D eigenvalue weighted by molar-refractivity contribution is 6.74. The minimum atomic E-state index is -1.93. The summed E-state index contributed by atoms with van der Waals surface area (Å²) in [6.07, 6.45) is 0. The molecule has 5 heteroatoms. The van der Waals surface area contributed by atoms with E-state index in [0.29, 0.717) is 18.0 Å². The summed E-state index contributed by atoms with van der Waals surface area (Å²) in [5.74, 6) is 1.35. The van der Waals surface area contributed by atoms with Crippen molar-refractivity contribution in [2.24, 2.45) is 0 Å². The molecule has 0 saturated heterocycles. The highest BCUT2D eigenvalue weighted by atomic mass is 35.5. The van der Waals surface area contributed by atoms with Crippen molar-refractivity contribution >= 4 is 36.1 Å². The van der Waals surface area contributed by atoms with Gasteiger partial charge in [-0.2, -0.15) is 0 Å². The molecule has 2 aromatic carbocycles. The Kier molecular flexibility index (Phi) is 6.46. The molecule has 0 fully saturated rings. The largest absolute Gasteiger partial charge is 0.543 e. The molecule has 0 aliphatic carbocycles. The molecular formula is C26H34ClNO2Si. The molecule has 0 saturated carbocycles. The summed E-state index contributed by atoms with van der Waals surface area (Å²) in [4.78, 5) is 12.1. The third-order valence-corrected chi connectivity index (χ3v) is 11.2. The van der Waals surface area contributed by atoms with Gasteiger partial charge in [0.25, 0.3) is 5.24 Å². The van der Waals surface area contributed by atoms with Crippen LogP contribution >= 0.6 is 11.6 Å². The van der Waals surface area contributed by atoms with Crippen LogP contribution in [0.25, 0.3) is 10.9 Å². The zero-order valence-corrected chi connectivity index (χ0v) is 21.7. The van der Waals surface area contributed by atoms with Gasteiger partial charge in [0.2, 0.25) is 8.32 Å². The molecule has 0 radical (unpaired) electrons. The highest BCUT2D eigenvalue weighted by Gasteiger charge is 2.39. The summed E-state index contributed by atoms with van der Waals surface area (Å²) in [5.41, 5.74) is 4.93. The van der Waals surface area contributed by atoms with Crippen LogP contribution in [-0.4, -0.2) is 18.1 Å². The van der Waals surface area contributed by atoms with Crippen LogP contribution < -0.4 is 4.43 Å². The van der Waals surface area contributed by atoms with Crippen molar-refractivity contribution in [1.29, 1.82) is 0 Å². The van der Waals surface area contributed by atoms with E-state index in [4.69, 9.17) is 16.0 Å². The van der Waals surface area contributed by atoms with Gasteiger partial charge in [-0.15, -0.1) is 0 Å². The number of rotatable bonds is 6. The molecule has 0 amide bonds. The van der Waals surface area contributed by atoms with Crippen LogP contribution in [0.3, 0.4) is 0 Å². The van der Waals surface area contributed by atoms with E-state index in [0.717, 1.165) is 22.3 Å². The molecule has 3 aromatic rings. The fourth-order valence-electron chi connectivity index (χ4n) is 3.73. The summed E-state index contributed by atoms with van der Waals surface area (Å²) >= 11 is 5.92. The Bertz CT molecular complexity index is 1120. The Morgan fingerprint density at radius 3 is 2.35 bits per heavy atom. The first kappa shape index (κ1) is 23.6. The van der Waals surface area contributed by atoms with Gasteiger partial charge in [0, 0.05) is 23.1 Å². The maximum absolute atomic E-state index is 12.1. The summed E-state index contributed by atoms with van der Waals surface area (Å²) in [5, 5.41) is 0.640. The number of halogens is 1. The van der Waals surface area contributed by atoms with E-state index in [2.05, 4.69) is 70.5 Å². The highest BCUT2D eigenvalue weighted by Crippen LogP contribution is 2.40. The minimum absolute atomic E-state index is 0.144. The molecule has 0 aliphatic rings. The van der Waals surface area contributed by atoms with Gasteiger partial charge in [-0.1, -0.05) is 65.0 Å². The molecule has 0 unspecified atom stereocenters. The van der Waals surface area contributed by atoms with E-state index in [9.17, 15) is 4.79 Å². The van der Waals surface area contributed by atoms with Crippen LogP contribution in [0, 0.1) is 6.92 Å². The lowest BCUT2D eigenvalue weighted by atomic mass is 9.99. The molecule has 0 aliphatic heterocycles. The number of fused-ring (bicyclic) bond motifs is 1. The summed E-state index contributed by atoms with van der Waals surface area (Å²) in [7, 11) is -1.93. The van der Waals surface area contributed by atoms with Crippen molar-refractivity contribution < 1.29 is 9.22 Å². The number of hydrogen-bond acceptors (Lipinski definition) is 2. The molecule has 1 heterocycles. The van der Waals surface area contributed by atoms with E-state index in [1.54, 1.807) is 0 Å². The third kappa shape index (κ3) is 4.60. The van der Waals surface area contributed by atoms with Crippen LogP contribution in [0.2, 0.25) is 18.1 Å². The van der Waals surface area contributed by atoms with Gasteiger partial charge in [0.1, 0.15) is 5.75 Å². The predicted molar refractivity (Wildman–Crippen MR) is 134 cm³/mol. The molecule has 1 aromatic heterocycles. The van der Waals surface area contributed by atoms with Gasteiger partial charge >= 0.3 is 0 Å².